The topological polar surface area (TPSA) is 148 Å². The summed E-state index contributed by atoms with van der Waals surface area (Å²) in [4.78, 5) is 11.6. The second-order valence-corrected chi connectivity index (χ2v) is 4.05. The van der Waals surface area contributed by atoms with E-state index in [0.29, 0.717) is 11.3 Å². The highest BCUT2D eigenvalue weighted by Gasteiger charge is 2.18. The van der Waals surface area contributed by atoms with Crippen LogP contribution in [0.5, 0.6) is 0 Å². The lowest BCUT2D eigenvalue weighted by Crippen LogP contribution is -2.48. The van der Waals surface area contributed by atoms with Crippen LogP contribution in [0.15, 0.2) is 42.2 Å². The molecule has 20 heavy (non-hydrogen) atoms. The van der Waals surface area contributed by atoms with Gasteiger partial charge in [-0.3, -0.25) is 4.79 Å². The minimum absolute atomic E-state index is 0.120. The Kier molecular flexibility index (Phi) is 4.79. The second-order valence-electron chi connectivity index (χ2n) is 4.05. The number of rotatable bonds is 4. The van der Waals surface area contributed by atoms with E-state index in [-0.39, 0.29) is 11.4 Å². The van der Waals surface area contributed by atoms with Gasteiger partial charge in [0.25, 0.3) is 5.91 Å². The Morgan fingerprint density at radius 3 is 2.05 bits per heavy atom. The zero-order chi connectivity index (χ0) is 15.3. The highest BCUT2D eigenvalue weighted by molar-refractivity contribution is 6.14. The number of aliphatic hydroxyl groups is 2. The van der Waals surface area contributed by atoms with Gasteiger partial charge in [-0.2, -0.15) is 0 Å². The van der Waals surface area contributed by atoms with E-state index >= 15 is 0 Å². The molecule has 9 N–H and O–H groups in total. The van der Waals surface area contributed by atoms with Crippen LogP contribution >= 0.6 is 0 Å². The molecular formula is C12H15BN4O3. The maximum absolute atomic E-state index is 11.6. The average Bonchev–Trinajstić information content (AvgIpc) is 2.34. The van der Waals surface area contributed by atoms with E-state index < -0.39 is 11.7 Å². The van der Waals surface area contributed by atoms with E-state index in [2.05, 4.69) is 0 Å². The third-order valence-corrected chi connectivity index (χ3v) is 2.23. The molecule has 104 valence electrons. The fraction of sp³-hybridized carbons (Fsp3) is 0.0833. The number of nitrogens with one attached hydrogen (secondary N) is 1. The number of hydrogen-bond donors (Lipinski definition) is 6. The monoisotopic (exact) mass is 274 g/mol. The van der Waals surface area contributed by atoms with Crippen molar-refractivity contribution in [1.29, 1.82) is 0 Å². The minimum atomic E-state index is -2.77. The maximum Gasteiger partial charge on any atom is 0.254 e. The van der Waals surface area contributed by atoms with Crippen molar-refractivity contribution in [1.82, 2.24) is 5.32 Å². The van der Waals surface area contributed by atoms with Gasteiger partial charge in [0.05, 0.1) is 5.82 Å². The molecule has 8 heteroatoms. The smallest absolute Gasteiger partial charge is 0.254 e. The summed E-state index contributed by atoms with van der Waals surface area (Å²) in [6, 6.07) is 6.06. The zero-order valence-corrected chi connectivity index (χ0v) is 10.6. The molecule has 0 aliphatic rings. The van der Waals surface area contributed by atoms with Gasteiger partial charge in [-0.15, -0.1) is 0 Å². The molecule has 0 aliphatic heterocycles. The molecule has 0 aliphatic carbocycles. The Labute approximate surface area is 117 Å². The lowest BCUT2D eigenvalue weighted by molar-refractivity contribution is -0.102. The van der Waals surface area contributed by atoms with Crippen molar-refractivity contribution >= 4 is 19.5 Å². The van der Waals surface area contributed by atoms with Gasteiger partial charge in [-0.25, -0.2) is 0 Å². The maximum atomic E-state index is 11.6. The molecule has 1 aromatic carbocycles. The van der Waals surface area contributed by atoms with Crippen LogP contribution in [0.3, 0.4) is 0 Å². The predicted molar refractivity (Wildman–Crippen MR) is 75.5 cm³/mol. The average molecular weight is 274 g/mol. The number of amides is 1. The van der Waals surface area contributed by atoms with Crippen LogP contribution in [0.1, 0.15) is 15.9 Å². The molecule has 0 saturated heterocycles. The van der Waals surface area contributed by atoms with Crippen molar-refractivity contribution in [3.8, 4) is 0 Å². The van der Waals surface area contributed by atoms with Gasteiger partial charge in [0, 0.05) is 11.3 Å². The Morgan fingerprint density at radius 1 is 1.10 bits per heavy atom. The molecule has 0 atom stereocenters. The highest BCUT2D eigenvalue weighted by atomic mass is 16.5. The van der Waals surface area contributed by atoms with Crippen LogP contribution in [0.2, 0.25) is 0 Å². The van der Waals surface area contributed by atoms with Crippen molar-refractivity contribution in [2.75, 3.05) is 0 Å². The fourth-order valence-corrected chi connectivity index (χ4v) is 1.34. The summed E-state index contributed by atoms with van der Waals surface area (Å²) in [6.07, 6.45) is 2.97. The van der Waals surface area contributed by atoms with Crippen LogP contribution in [0, 0.1) is 0 Å². The fourth-order valence-electron chi connectivity index (χ4n) is 1.34. The van der Waals surface area contributed by atoms with Gasteiger partial charge in [0.1, 0.15) is 0 Å². The largest absolute Gasteiger partial charge is 0.398 e. The van der Waals surface area contributed by atoms with E-state index in [9.17, 15) is 4.79 Å². The molecule has 2 radical (unpaired) electrons. The van der Waals surface area contributed by atoms with Crippen molar-refractivity contribution in [3.05, 3.63) is 53.4 Å². The van der Waals surface area contributed by atoms with E-state index in [1.807, 2.05) is 0 Å². The van der Waals surface area contributed by atoms with Crippen molar-refractivity contribution in [2.24, 2.45) is 17.2 Å². The summed E-state index contributed by atoms with van der Waals surface area (Å²) < 4.78 is 0. The van der Waals surface area contributed by atoms with Gasteiger partial charge in [-0.1, -0.05) is 12.1 Å². The Morgan fingerprint density at radius 2 is 1.60 bits per heavy atom. The molecule has 0 bridgehead atoms. The molecule has 1 amide bonds. The molecule has 0 saturated carbocycles. The van der Waals surface area contributed by atoms with Crippen LogP contribution < -0.4 is 22.5 Å². The van der Waals surface area contributed by atoms with Crippen molar-refractivity contribution < 1.29 is 15.0 Å². The van der Waals surface area contributed by atoms with Gasteiger partial charge in [-0.05, 0) is 29.8 Å². The normalized spacial score (nSPS) is 11.8. The molecule has 0 fully saturated rings. The Balaban J connectivity index is 2.87. The molecule has 0 spiro atoms. The van der Waals surface area contributed by atoms with Gasteiger partial charge >= 0.3 is 0 Å². The first kappa shape index (κ1) is 15.6. The summed E-state index contributed by atoms with van der Waals surface area (Å²) in [5.74, 6) is -3.38. The summed E-state index contributed by atoms with van der Waals surface area (Å²) in [7, 11) is 4.84. The molecule has 1 rings (SSSR count). The number of benzene rings is 1. The van der Waals surface area contributed by atoms with Crippen LogP contribution in [-0.2, 0) is 0 Å². The van der Waals surface area contributed by atoms with Gasteiger partial charge in [0.15, 0.2) is 13.7 Å². The van der Waals surface area contributed by atoms with Gasteiger partial charge < -0.3 is 32.7 Å². The molecular weight excluding hydrogens is 259 g/mol. The number of carbonyl (C=O) groups excluding carboxylic acids is 1. The van der Waals surface area contributed by atoms with E-state index in [1.54, 1.807) is 17.4 Å². The predicted octanol–water partition coefficient (Wildman–Crippen LogP) is -1.76. The SMILES string of the molecule is [B]C(O)(O)NC(=O)c1ccc(/C(N)=C/C=C(N)N)cc1. The highest BCUT2D eigenvalue weighted by Crippen LogP contribution is 2.11. The first-order chi connectivity index (χ1) is 9.19. The lowest BCUT2D eigenvalue weighted by atomic mass is 10.0. The van der Waals surface area contributed by atoms with Gasteiger partial charge in [0.2, 0.25) is 0 Å². The molecule has 0 aromatic heterocycles. The standard InChI is InChI=1S/C12H15BN4O3/c13-12(19,20)17-11(18)8-3-1-7(2-4-8)9(14)5-6-10(15)16/h1-6,19-20H,14-16H2,(H,17,18)/b9-5-. The first-order valence-electron chi connectivity index (χ1n) is 5.54. The third-order valence-electron chi connectivity index (χ3n) is 2.23. The summed E-state index contributed by atoms with van der Waals surface area (Å²) >= 11 is 0. The lowest BCUT2D eigenvalue weighted by Gasteiger charge is -2.18. The summed E-state index contributed by atoms with van der Waals surface area (Å²) in [5.41, 5.74) is 17.6. The van der Waals surface area contributed by atoms with Crippen LogP contribution in [0.25, 0.3) is 5.70 Å². The second kappa shape index (κ2) is 6.13. The summed E-state index contributed by atoms with van der Waals surface area (Å²) in [5, 5.41) is 19.5. The Bertz CT molecular complexity index is 543. The molecule has 7 nitrogen and oxygen atoms in total. The van der Waals surface area contributed by atoms with E-state index in [4.69, 9.17) is 35.3 Å². The molecule has 0 unspecified atom stereocenters. The van der Waals surface area contributed by atoms with E-state index in [1.165, 1.54) is 24.3 Å². The Hall–Kier alpha value is -2.45. The molecule has 0 heterocycles. The number of nitrogens with two attached hydrogens (primary N) is 3. The van der Waals surface area contributed by atoms with E-state index in [0.717, 1.165) is 0 Å². The number of hydrogen-bond acceptors (Lipinski definition) is 6. The summed E-state index contributed by atoms with van der Waals surface area (Å²) in [6.45, 7) is 0. The third kappa shape index (κ3) is 5.05. The molecule has 1 aromatic rings. The minimum Gasteiger partial charge on any atom is -0.398 e. The number of carbonyl (C=O) groups is 1. The first-order valence-corrected chi connectivity index (χ1v) is 5.54. The van der Waals surface area contributed by atoms with Crippen LogP contribution in [0.4, 0.5) is 0 Å². The number of allylic oxidation sites excluding steroid dienone is 2. The van der Waals surface area contributed by atoms with Crippen molar-refractivity contribution in [2.45, 2.75) is 5.81 Å². The van der Waals surface area contributed by atoms with Crippen LogP contribution in [-0.4, -0.2) is 29.8 Å². The quantitative estimate of drug-likeness (QED) is 0.218. The van der Waals surface area contributed by atoms with Crippen molar-refractivity contribution in [3.63, 3.8) is 0 Å². The zero-order valence-electron chi connectivity index (χ0n) is 10.6.